The van der Waals surface area contributed by atoms with Crippen LogP contribution >= 0.6 is 11.3 Å². The lowest BCUT2D eigenvalue weighted by atomic mass is 9.96. The van der Waals surface area contributed by atoms with E-state index in [-0.39, 0.29) is 17.1 Å². The molecule has 0 amide bonds. The SMILES string of the molecule is O=C(c1ccccc1)c1sc2cc(O)ccc2c1-c1ccc(-c2c[nH][nH]c2=O)cc1. The van der Waals surface area contributed by atoms with Crippen molar-refractivity contribution < 1.29 is 9.90 Å². The number of hydrogen-bond acceptors (Lipinski definition) is 4. The summed E-state index contributed by atoms with van der Waals surface area (Å²) in [7, 11) is 0. The molecule has 3 N–H and O–H groups in total. The lowest BCUT2D eigenvalue weighted by molar-refractivity contribution is 0.104. The van der Waals surface area contributed by atoms with Gasteiger partial charge in [-0.05, 0) is 29.3 Å². The molecule has 0 aliphatic rings. The van der Waals surface area contributed by atoms with Crippen molar-refractivity contribution in [3.8, 4) is 28.0 Å². The summed E-state index contributed by atoms with van der Waals surface area (Å²) in [5, 5.41) is 16.1. The van der Waals surface area contributed by atoms with Crippen molar-refractivity contribution in [3.63, 3.8) is 0 Å². The van der Waals surface area contributed by atoms with Crippen LogP contribution < -0.4 is 5.56 Å². The van der Waals surface area contributed by atoms with Crippen molar-refractivity contribution in [3.05, 3.63) is 99.8 Å². The smallest absolute Gasteiger partial charge is 0.271 e. The molecule has 0 radical (unpaired) electrons. The molecule has 0 unspecified atom stereocenters. The maximum Gasteiger partial charge on any atom is 0.271 e. The van der Waals surface area contributed by atoms with E-state index in [1.54, 1.807) is 30.5 Å². The van der Waals surface area contributed by atoms with Gasteiger partial charge in [-0.15, -0.1) is 11.3 Å². The Morgan fingerprint density at radius 3 is 2.33 bits per heavy atom. The molecule has 5 rings (SSSR count). The molecule has 0 saturated carbocycles. The fourth-order valence-corrected chi connectivity index (χ4v) is 4.81. The Balaban J connectivity index is 1.69. The molecule has 2 aromatic heterocycles. The molecule has 0 bridgehead atoms. The van der Waals surface area contributed by atoms with Crippen LogP contribution in [-0.2, 0) is 0 Å². The first-order chi connectivity index (χ1) is 14.6. The first kappa shape index (κ1) is 18.1. The van der Waals surface area contributed by atoms with E-state index in [4.69, 9.17) is 0 Å². The molecule has 0 aliphatic carbocycles. The molecule has 0 fully saturated rings. The minimum Gasteiger partial charge on any atom is -0.508 e. The molecule has 3 aromatic carbocycles. The van der Waals surface area contributed by atoms with E-state index >= 15 is 0 Å². The third kappa shape index (κ3) is 3.03. The highest BCUT2D eigenvalue weighted by Crippen LogP contribution is 2.41. The molecule has 5 aromatic rings. The van der Waals surface area contributed by atoms with Gasteiger partial charge < -0.3 is 10.2 Å². The summed E-state index contributed by atoms with van der Waals surface area (Å²) < 4.78 is 0.843. The maximum atomic E-state index is 13.3. The zero-order chi connectivity index (χ0) is 20.7. The van der Waals surface area contributed by atoms with E-state index in [2.05, 4.69) is 10.2 Å². The number of phenolic OH excluding ortho intramolecular Hbond substituents is 1. The highest BCUT2D eigenvalue weighted by Gasteiger charge is 2.21. The van der Waals surface area contributed by atoms with Crippen molar-refractivity contribution in [2.45, 2.75) is 0 Å². The molecule has 6 heteroatoms. The zero-order valence-corrected chi connectivity index (χ0v) is 16.5. The number of aromatic hydroxyl groups is 1. The van der Waals surface area contributed by atoms with Crippen LogP contribution in [0.5, 0.6) is 5.75 Å². The summed E-state index contributed by atoms with van der Waals surface area (Å²) >= 11 is 1.37. The number of hydrogen-bond donors (Lipinski definition) is 3. The molecule has 5 nitrogen and oxygen atoms in total. The maximum absolute atomic E-state index is 13.3. The van der Waals surface area contributed by atoms with Gasteiger partial charge in [-0.2, -0.15) is 0 Å². The van der Waals surface area contributed by atoms with Crippen LogP contribution in [0.4, 0.5) is 0 Å². The van der Waals surface area contributed by atoms with Crippen LogP contribution in [0.3, 0.4) is 0 Å². The molecule has 0 aliphatic heterocycles. The Hall–Kier alpha value is -3.90. The molecule has 0 atom stereocenters. The third-order valence-corrected chi connectivity index (χ3v) is 6.20. The topological polar surface area (TPSA) is 85.9 Å². The Morgan fingerprint density at radius 1 is 0.900 bits per heavy atom. The summed E-state index contributed by atoms with van der Waals surface area (Å²) in [6.07, 6.45) is 1.63. The third-order valence-electron chi connectivity index (χ3n) is 5.05. The number of H-pyrrole nitrogens is 2. The summed E-state index contributed by atoms with van der Waals surface area (Å²) in [6, 6.07) is 21.9. The van der Waals surface area contributed by atoms with Gasteiger partial charge in [0, 0.05) is 27.4 Å². The molecular formula is C24H16N2O3S. The normalized spacial score (nSPS) is 11.1. The first-order valence-electron chi connectivity index (χ1n) is 9.34. The Labute approximate surface area is 175 Å². The second-order valence-corrected chi connectivity index (χ2v) is 7.97. The van der Waals surface area contributed by atoms with E-state index in [1.807, 2.05) is 48.5 Å². The van der Waals surface area contributed by atoms with Gasteiger partial charge in [0.05, 0.1) is 10.4 Å². The number of phenols is 1. The van der Waals surface area contributed by atoms with Crippen molar-refractivity contribution >= 4 is 27.2 Å². The van der Waals surface area contributed by atoms with E-state index in [0.717, 1.165) is 26.8 Å². The van der Waals surface area contributed by atoms with Gasteiger partial charge in [-0.3, -0.25) is 14.7 Å². The van der Waals surface area contributed by atoms with Crippen molar-refractivity contribution in [1.82, 2.24) is 10.2 Å². The van der Waals surface area contributed by atoms with Crippen LogP contribution in [-0.4, -0.2) is 21.1 Å². The van der Waals surface area contributed by atoms with Gasteiger partial charge in [0.15, 0.2) is 0 Å². The number of aromatic amines is 2. The molecule has 2 heterocycles. The number of fused-ring (bicyclic) bond motifs is 1. The zero-order valence-electron chi connectivity index (χ0n) is 15.7. The number of carbonyl (C=O) groups excluding carboxylic acids is 1. The van der Waals surface area contributed by atoms with Crippen molar-refractivity contribution in [1.29, 1.82) is 0 Å². The van der Waals surface area contributed by atoms with E-state index in [9.17, 15) is 14.7 Å². The van der Waals surface area contributed by atoms with E-state index < -0.39 is 0 Å². The van der Waals surface area contributed by atoms with Gasteiger partial charge >= 0.3 is 0 Å². The number of thiophene rings is 1. The van der Waals surface area contributed by atoms with Crippen molar-refractivity contribution in [2.24, 2.45) is 0 Å². The van der Waals surface area contributed by atoms with Crippen LogP contribution in [0, 0.1) is 0 Å². The summed E-state index contributed by atoms with van der Waals surface area (Å²) in [6.45, 7) is 0. The molecular weight excluding hydrogens is 396 g/mol. The van der Waals surface area contributed by atoms with Gasteiger partial charge in [0.1, 0.15) is 5.75 Å². The largest absolute Gasteiger partial charge is 0.508 e. The predicted molar refractivity (Wildman–Crippen MR) is 119 cm³/mol. The fourth-order valence-electron chi connectivity index (χ4n) is 3.59. The average Bonchev–Trinajstić information content (AvgIpc) is 3.37. The van der Waals surface area contributed by atoms with Crippen LogP contribution in [0.2, 0.25) is 0 Å². The molecule has 30 heavy (non-hydrogen) atoms. The Kier molecular flexibility index (Phi) is 4.34. The van der Waals surface area contributed by atoms with Crippen LogP contribution in [0.25, 0.3) is 32.3 Å². The molecule has 146 valence electrons. The number of carbonyl (C=O) groups is 1. The monoisotopic (exact) mass is 412 g/mol. The van der Waals surface area contributed by atoms with Crippen LogP contribution in [0.1, 0.15) is 15.2 Å². The first-order valence-corrected chi connectivity index (χ1v) is 10.2. The van der Waals surface area contributed by atoms with E-state index in [0.29, 0.717) is 16.0 Å². The highest BCUT2D eigenvalue weighted by atomic mass is 32.1. The lowest BCUT2D eigenvalue weighted by Gasteiger charge is -2.06. The summed E-state index contributed by atoms with van der Waals surface area (Å²) in [5.41, 5.74) is 3.49. The second kappa shape index (κ2) is 7.17. The quantitative estimate of drug-likeness (QED) is 0.355. The van der Waals surface area contributed by atoms with Gasteiger partial charge in [0.25, 0.3) is 5.56 Å². The lowest BCUT2D eigenvalue weighted by Crippen LogP contribution is -2.01. The molecule has 0 spiro atoms. The minimum atomic E-state index is -0.181. The Bertz CT molecular complexity index is 1430. The van der Waals surface area contributed by atoms with Gasteiger partial charge in [-0.25, -0.2) is 0 Å². The Morgan fingerprint density at radius 2 is 1.63 bits per heavy atom. The fraction of sp³-hybridized carbons (Fsp3) is 0. The highest BCUT2D eigenvalue weighted by molar-refractivity contribution is 7.21. The summed E-state index contributed by atoms with van der Waals surface area (Å²) in [4.78, 5) is 25.8. The van der Waals surface area contributed by atoms with Gasteiger partial charge in [0.2, 0.25) is 5.78 Å². The second-order valence-electron chi connectivity index (χ2n) is 6.92. The average molecular weight is 412 g/mol. The van der Waals surface area contributed by atoms with Crippen molar-refractivity contribution in [2.75, 3.05) is 0 Å². The standard InChI is InChI=1S/C24H16N2O3S/c27-17-10-11-18-20(12-17)30-23(22(28)16-4-2-1-3-5-16)21(18)15-8-6-14(7-9-15)19-13-25-26-24(19)29/h1-13,27H,(H2,25,26,29). The van der Waals surface area contributed by atoms with E-state index in [1.165, 1.54) is 11.3 Å². The number of rotatable bonds is 4. The number of benzene rings is 3. The minimum absolute atomic E-state index is 0.0579. The van der Waals surface area contributed by atoms with Crippen LogP contribution in [0.15, 0.2) is 83.8 Å². The number of ketones is 1. The molecule has 0 saturated heterocycles. The number of nitrogens with one attached hydrogen (secondary N) is 2. The van der Waals surface area contributed by atoms with Gasteiger partial charge in [-0.1, -0.05) is 54.6 Å². The summed E-state index contributed by atoms with van der Waals surface area (Å²) in [5.74, 6) is 0.105. The number of aromatic nitrogens is 2. The predicted octanol–water partition coefficient (Wildman–Crippen LogP) is 5.19.